The van der Waals surface area contributed by atoms with Crippen molar-refractivity contribution in [1.29, 1.82) is 0 Å². The van der Waals surface area contributed by atoms with Gasteiger partial charge in [0.15, 0.2) is 11.6 Å². The van der Waals surface area contributed by atoms with Gasteiger partial charge in [-0.1, -0.05) is 16.8 Å². The summed E-state index contributed by atoms with van der Waals surface area (Å²) in [6.07, 6.45) is 1.39. The summed E-state index contributed by atoms with van der Waals surface area (Å²) in [7, 11) is 0. The van der Waals surface area contributed by atoms with Gasteiger partial charge in [-0.15, -0.1) is 0 Å². The lowest BCUT2D eigenvalue weighted by Crippen LogP contribution is -2.19. The molecule has 0 radical (unpaired) electrons. The van der Waals surface area contributed by atoms with E-state index < -0.39 is 5.91 Å². The summed E-state index contributed by atoms with van der Waals surface area (Å²) in [6, 6.07) is 7.71. The maximum Gasteiger partial charge on any atom is 0.291 e. The topological polar surface area (TPSA) is 101 Å². The zero-order chi connectivity index (χ0) is 13.8. The smallest absolute Gasteiger partial charge is 0.291 e. The van der Waals surface area contributed by atoms with E-state index in [-0.39, 0.29) is 11.6 Å². The maximum atomic E-state index is 11.9. The van der Waals surface area contributed by atoms with Crippen molar-refractivity contribution < 1.29 is 14.4 Å². The van der Waals surface area contributed by atoms with Crippen molar-refractivity contribution in [3.05, 3.63) is 52.9 Å². The van der Waals surface area contributed by atoms with Crippen LogP contribution < -0.4 is 11.1 Å². The van der Waals surface area contributed by atoms with Crippen molar-refractivity contribution in [1.82, 2.24) is 0 Å². The summed E-state index contributed by atoms with van der Waals surface area (Å²) in [4.78, 5) is 11.9. The van der Waals surface area contributed by atoms with Crippen LogP contribution in [0.15, 0.2) is 46.2 Å². The molecule has 2 aromatic rings. The number of furan rings is 1. The molecule has 0 aliphatic carbocycles. The molecule has 2 rings (SSSR count). The van der Waals surface area contributed by atoms with Gasteiger partial charge >= 0.3 is 0 Å². The SMILES string of the molecule is NC(=NO)c1ccc(Cl)cc1NC(=O)c1ccco1. The first-order chi connectivity index (χ1) is 9.11. The molecule has 1 aromatic carbocycles. The number of amidine groups is 1. The van der Waals surface area contributed by atoms with E-state index in [1.165, 1.54) is 24.5 Å². The molecule has 7 heteroatoms. The summed E-state index contributed by atoms with van der Waals surface area (Å²) in [5.74, 6) is -0.448. The monoisotopic (exact) mass is 279 g/mol. The normalized spacial score (nSPS) is 11.3. The molecule has 0 unspecified atom stereocenters. The lowest BCUT2D eigenvalue weighted by molar-refractivity contribution is 0.0996. The second kappa shape index (κ2) is 5.45. The molecule has 0 fully saturated rings. The fraction of sp³-hybridized carbons (Fsp3) is 0. The van der Waals surface area contributed by atoms with Crippen molar-refractivity contribution in [2.24, 2.45) is 10.9 Å². The van der Waals surface area contributed by atoms with Gasteiger partial charge in [-0.25, -0.2) is 0 Å². The molecule has 1 amide bonds. The van der Waals surface area contributed by atoms with Crippen LogP contribution in [0.1, 0.15) is 16.1 Å². The summed E-state index contributed by atoms with van der Waals surface area (Å²) >= 11 is 5.86. The van der Waals surface area contributed by atoms with Crippen molar-refractivity contribution in [2.45, 2.75) is 0 Å². The van der Waals surface area contributed by atoms with Gasteiger partial charge < -0.3 is 20.7 Å². The van der Waals surface area contributed by atoms with Gasteiger partial charge in [0.2, 0.25) is 0 Å². The second-order valence-electron chi connectivity index (χ2n) is 3.61. The highest BCUT2D eigenvalue weighted by atomic mass is 35.5. The Balaban J connectivity index is 2.33. The predicted molar refractivity (Wildman–Crippen MR) is 70.6 cm³/mol. The van der Waals surface area contributed by atoms with Gasteiger partial charge in [0, 0.05) is 10.6 Å². The summed E-state index contributed by atoms with van der Waals surface area (Å²) in [5, 5.41) is 14.6. The minimum Gasteiger partial charge on any atom is -0.459 e. The third kappa shape index (κ3) is 2.86. The third-order valence-corrected chi connectivity index (χ3v) is 2.59. The van der Waals surface area contributed by atoms with E-state index in [1.54, 1.807) is 12.1 Å². The number of rotatable bonds is 3. The fourth-order valence-electron chi connectivity index (χ4n) is 1.49. The molecule has 19 heavy (non-hydrogen) atoms. The molecule has 0 aliphatic heterocycles. The molecule has 0 aliphatic rings. The number of nitrogens with two attached hydrogens (primary N) is 1. The second-order valence-corrected chi connectivity index (χ2v) is 4.04. The van der Waals surface area contributed by atoms with Gasteiger partial charge in [-0.3, -0.25) is 4.79 Å². The number of amides is 1. The molecule has 4 N–H and O–H groups in total. The van der Waals surface area contributed by atoms with Gasteiger partial charge in [0.25, 0.3) is 5.91 Å². The summed E-state index contributed by atoms with van der Waals surface area (Å²) in [5.41, 5.74) is 6.20. The van der Waals surface area contributed by atoms with Crippen molar-refractivity contribution >= 4 is 29.0 Å². The lowest BCUT2D eigenvalue weighted by Gasteiger charge is -2.09. The molecule has 0 spiro atoms. The molecule has 0 saturated carbocycles. The Morgan fingerprint density at radius 2 is 2.21 bits per heavy atom. The van der Waals surface area contributed by atoms with E-state index in [0.29, 0.717) is 16.3 Å². The first-order valence-corrected chi connectivity index (χ1v) is 5.62. The van der Waals surface area contributed by atoms with Crippen LogP contribution in [0.5, 0.6) is 0 Å². The van der Waals surface area contributed by atoms with Crippen LogP contribution in [-0.2, 0) is 0 Å². The number of nitrogens with one attached hydrogen (secondary N) is 1. The first-order valence-electron chi connectivity index (χ1n) is 5.24. The summed E-state index contributed by atoms with van der Waals surface area (Å²) in [6.45, 7) is 0. The van der Waals surface area contributed by atoms with E-state index in [1.807, 2.05) is 0 Å². The molecule has 1 aromatic heterocycles. The van der Waals surface area contributed by atoms with Crippen molar-refractivity contribution in [3.8, 4) is 0 Å². The Hall–Kier alpha value is -2.47. The van der Waals surface area contributed by atoms with E-state index in [4.69, 9.17) is 27.0 Å². The fourth-order valence-corrected chi connectivity index (χ4v) is 1.66. The van der Waals surface area contributed by atoms with Crippen LogP contribution >= 0.6 is 11.6 Å². The van der Waals surface area contributed by atoms with Crippen LogP contribution in [0, 0.1) is 0 Å². The zero-order valence-corrected chi connectivity index (χ0v) is 10.4. The van der Waals surface area contributed by atoms with E-state index in [9.17, 15) is 4.79 Å². The predicted octanol–water partition coefficient (Wildman–Crippen LogP) is 2.28. The molecule has 0 saturated heterocycles. The van der Waals surface area contributed by atoms with Crippen molar-refractivity contribution in [3.63, 3.8) is 0 Å². The highest BCUT2D eigenvalue weighted by Crippen LogP contribution is 2.21. The van der Waals surface area contributed by atoms with E-state index in [2.05, 4.69) is 10.5 Å². The van der Waals surface area contributed by atoms with E-state index in [0.717, 1.165) is 0 Å². The van der Waals surface area contributed by atoms with Crippen LogP contribution in [0.3, 0.4) is 0 Å². The standard InChI is InChI=1S/C12H10ClN3O3/c13-7-3-4-8(11(14)16-18)9(6-7)15-12(17)10-2-1-5-19-10/h1-6,18H,(H2,14,16)(H,15,17). The number of carbonyl (C=O) groups excluding carboxylic acids is 1. The minimum atomic E-state index is -0.459. The Morgan fingerprint density at radius 3 is 2.84 bits per heavy atom. The average molecular weight is 280 g/mol. The number of hydrogen-bond donors (Lipinski definition) is 3. The Morgan fingerprint density at radius 1 is 1.42 bits per heavy atom. The Labute approximate surface area is 113 Å². The number of benzene rings is 1. The molecular weight excluding hydrogens is 270 g/mol. The molecular formula is C12H10ClN3O3. The number of carbonyl (C=O) groups is 1. The highest BCUT2D eigenvalue weighted by molar-refractivity contribution is 6.31. The summed E-state index contributed by atoms with van der Waals surface area (Å²) < 4.78 is 4.97. The van der Waals surface area contributed by atoms with Crippen molar-refractivity contribution in [2.75, 3.05) is 5.32 Å². The number of halogens is 1. The third-order valence-electron chi connectivity index (χ3n) is 2.36. The first kappa shape index (κ1) is 13.0. The number of anilines is 1. The molecule has 0 atom stereocenters. The van der Waals surface area contributed by atoms with Crippen LogP contribution in [-0.4, -0.2) is 17.0 Å². The Kier molecular flexibility index (Phi) is 3.72. The van der Waals surface area contributed by atoms with Crippen LogP contribution in [0.4, 0.5) is 5.69 Å². The largest absolute Gasteiger partial charge is 0.459 e. The molecule has 98 valence electrons. The molecule has 6 nitrogen and oxygen atoms in total. The minimum absolute atomic E-state index is 0.133. The van der Waals surface area contributed by atoms with Gasteiger partial charge in [0.1, 0.15) is 0 Å². The highest BCUT2D eigenvalue weighted by Gasteiger charge is 2.13. The average Bonchev–Trinajstić information content (AvgIpc) is 2.92. The number of oxime groups is 1. The van der Waals surface area contributed by atoms with Gasteiger partial charge in [-0.2, -0.15) is 0 Å². The quantitative estimate of drug-likeness (QED) is 0.347. The molecule has 1 heterocycles. The van der Waals surface area contributed by atoms with Gasteiger partial charge in [0.05, 0.1) is 12.0 Å². The van der Waals surface area contributed by atoms with E-state index >= 15 is 0 Å². The number of nitrogens with zero attached hydrogens (tertiary/aromatic N) is 1. The van der Waals surface area contributed by atoms with Crippen LogP contribution in [0.2, 0.25) is 5.02 Å². The molecule has 0 bridgehead atoms. The Bertz CT molecular complexity index is 623. The lowest BCUT2D eigenvalue weighted by atomic mass is 10.1. The van der Waals surface area contributed by atoms with Gasteiger partial charge in [-0.05, 0) is 30.3 Å². The maximum absolute atomic E-state index is 11.9. The zero-order valence-electron chi connectivity index (χ0n) is 9.63. The number of hydrogen-bond acceptors (Lipinski definition) is 4. The van der Waals surface area contributed by atoms with Crippen LogP contribution in [0.25, 0.3) is 0 Å².